The molecule has 0 unspecified atom stereocenters. The largest absolute Gasteiger partial charge is 0.378 e. The Morgan fingerprint density at radius 2 is 1.13 bits per heavy atom. The lowest BCUT2D eigenvalue weighted by Gasteiger charge is -2.19. The molecule has 6 N–H and O–H groups in total. The minimum Gasteiger partial charge on any atom is -0.378 e. The van der Waals surface area contributed by atoms with Gasteiger partial charge in [-0.3, -0.25) is 24.4 Å². The van der Waals surface area contributed by atoms with Crippen LogP contribution >= 0.6 is 0 Å². The average molecular weight is 1320 g/mol. The second kappa shape index (κ2) is 29.0. The number of Topliss-reactive ketones (excluding diaryl/α,β-unsaturated/α-hetero) is 2. The fourth-order valence-corrected chi connectivity index (χ4v) is 12.4. The van der Waals surface area contributed by atoms with Gasteiger partial charge in [0.1, 0.15) is 33.9 Å². The van der Waals surface area contributed by atoms with Crippen molar-refractivity contribution in [2.24, 2.45) is 10.7 Å². The number of aliphatic hydroxyl groups is 3. The minimum atomic E-state index is -1.04. The molecule has 5 aromatic heterocycles. The molecule has 1 aliphatic heterocycles. The molecule has 99 heavy (non-hydrogen) atoms. The Morgan fingerprint density at radius 3 is 1.76 bits per heavy atom. The Bertz CT molecular complexity index is 4800. The Morgan fingerprint density at radius 1 is 0.566 bits per heavy atom. The van der Waals surface area contributed by atoms with Gasteiger partial charge in [0, 0.05) is 98.4 Å². The number of nitrogens with two attached hydrogens (primary N) is 1. The number of amides is 1. The Hall–Kier alpha value is -10.3. The molecule has 5 aliphatic rings. The lowest BCUT2D eigenvalue weighted by atomic mass is 9.92. The molecule has 0 radical (unpaired) electrons. The van der Waals surface area contributed by atoms with Crippen molar-refractivity contribution in [3.8, 4) is 80.0 Å². The molecule has 1 amide bonds. The van der Waals surface area contributed by atoms with Crippen LogP contribution in [0.15, 0.2) is 133 Å². The van der Waals surface area contributed by atoms with Gasteiger partial charge in [-0.1, -0.05) is 146 Å². The number of carbonyl (C=O) groups excluding carboxylic acids is 3. The SMILES string of the molecule is C=C1NC=Nc2c1cccc2-c1ccc(C#CC(C)(C)O)nc1C(C)C.CC(C)c1nc(C#CC(C)(C)O)ccc1-c1ccc2c(c1)C(=O)CC21CC1.CC(C)c1nc(C(N)=O)ccc1-c1cnc2c(c1)C=CC2.CC(C)c1ncc(C#CC(C)(C)O)cc1-c1ccc2c(c1)C(=O)CC2. The van der Waals surface area contributed by atoms with Gasteiger partial charge in [0.15, 0.2) is 11.6 Å². The first-order valence-corrected chi connectivity index (χ1v) is 34.0. The van der Waals surface area contributed by atoms with Gasteiger partial charge in [0.2, 0.25) is 0 Å². The number of aromatic nitrogens is 5. The van der Waals surface area contributed by atoms with E-state index in [9.17, 15) is 29.7 Å². The number of para-hydroxylation sites is 1. The van der Waals surface area contributed by atoms with E-state index < -0.39 is 22.7 Å². The molecule has 0 bridgehead atoms. The molecule has 6 heterocycles. The first-order valence-electron chi connectivity index (χ1n) is 34.0. The fraction of sp³-hybridized carbons (Fsp3) is 0.329. The molecule has 8 aromatic rings. The lowest BCUT2D eigenvalue weighted by molar-refractivity contribution is 0.0980. The van der Waals surface area contributed by atoms with Gasteiger partial charge in [-0.15, -0.1) is 0 Å². The zero-order valence-electron chi connectivity index (χ0n) is 59.3. The van der Waals surface area contributed by atoms with Crippen molar-refractivity contribution in [3.05, 3.63) is 213 Å². The Labute approximate surface area is 583 Å². The van der Waals surface area contributed by atoms with Crippen molar-refractivity contribution < 1.29 is 29.7 Å². The van der Waals surface area contributed by atoms with Crippen molar-refractivity contribution >= 4 is 41.3 Å². The maximum atomic E-state index is 12.5. The molecule has 14 heteroatoms. The van der Waals surface area contributed by atoms with Gasteiger partial charge in [-0.2, -0.15) is 0 Å². The topological polar surface area (TPSA) is 227 Å². The molecule has 0 atom stereocenters. The predicted octanol–water partition coefficient (Wildman–Crippen LogP) is 15.9. The van der Waals surface area contributed by atoms with Gasteiger partial charge < -0.3 is 26.4 Å². The van der Waals surface area contributed by atoms with E-state index in [0.717, 1.165) is 143 Å². The smallest absolute Gasteiger partial charge is 0.267 e. The van der Waals surface area contributed by atoms with Gasteiger partial charge in [0.25, 0.3) is 5.91 Å². The number of pyridine rings is 5. The summed E-state index contributed by atoms with van der Waals surface area (Å²) < 4.78 is 0. The van der Waals surface area contributed by atoms with E-state index in [0.29, 0.717) is 29.9 Å². The van der Waals surface area contributed by atoms with Crippen molar-refractivity contribution in [3.63, 3.8) is 0 Å². The van der Waals surface area contributed by atoms with Crippen LogP contribution in [0.4, 0.5) is 5.69 Å². The van der Waals surface area contributed by atoms with Crippen molar-refractivity contribution in [1.82, 2.24) is 30.2 Å². The maximum Gasteiger partial charge on any atom is 0.267 e. The minimum absolute atomic E-state index is 0.153. The number of carbonyl (C=O) groups is 3. The third-order valence-electron chi connectivity index (χ3n) is 17.5. The second-order valence-electron chi connectivity index (χ2n) is 28.8. The summed E-state index contributed by atoms with van der Waals surface area (Å²) in [7, 11) is 0. The zero-order valence-corrected chi connectivity index (χ0v) is 59.3. The number of allylic oxidation sites excluding steroid dienone is 1. The van der Waals surface area contributed by atoms with E-state index in [4.69, 9.17) is 15.7 Å². The number of nitrogens with zero attached hydrogens (tertiary/aromatic N) is 6. The van der Waals surface area contributed by atoms with Crippen LogP contribution in [0.3, 0.4) is 0 Å². The lowest BCUT2D eigenvalue weighted by Crippen LogP contribution is -2.14. The van der Waals surface area contributed by atoms with E-state index in [2.05, 4.69) is 177 Å². The summed E-state index contributed by atoms with van der Waals surface area (Å²) in [6, 6.07) is 34.0. The fourth-order valence-electron chi connectivity index (χ4n) is 12.4. The van der Waals surface area contributed by atoms with Gasteiger partial charge in [0.05, 0.1) is 40.5 Å². The maximum absolute atomic E-state index is 12.5. The average Bonchev–Trinajstić information content (AvgIpc) is 1.57. The zero-order chi connectivity index (χ0) is 71.5. The number of hydrogen-bond acceptors (Lipinski definition) is 13. The summed E-state index contributed by atoms with van der Waals surface area (Å²) in [4.78, 5) is 63.4. The van der Waals surface area contributed by atoms with Gasteiger partial charge in [-0.25, -0.2) is 19.9 Å². The van der Waals surface area contributed by atoms with Crippen LogP contribution in [0, 0.1) is 35.5 Å². The number of rotatable bonds is 9. The Kier molecular flexibility index (Phi) is 21.0. The molecular weight excluding hydrogens is 1230 g/mol. The van der Waals surface area contributed by atoms with Gasteiger partial charge >= 0.3 is 0 Å². The number of benzene rings is 3. The third kappa shape index (κ3) is 17.2. The van der Waals surface area contributed by atoms with E-state index in [1.807, 2.05) is 60.8 Å². The highest BCUT2D eigenvalue weighted by Crippen LogP contribution is 2.57. The standard InChI is InChI=1S/C24H25NO2.C22H23N3O.C22H23NO2.C17H17N3O/c1-15(2)22-18(7-6-17(25-22)9-10-23(3,4)27)16-5-8-20-19(13-16)21(26)14-24(20)11-12-24;1-14(2)20-19(10-9-16(25-20)11-12-22(4,5)26)18-8-6-7-17-15(3)23-13-24-21(17)18;1-14(2)21-19(11-15(13-23-21)9-10-22(3,4)25)17-6-5-16-7-8-20(24)18(16)12-17;1-10(2)16-13(6-7-15(20-16)17(18)21)12-8-11-4-3-5-14(11)19-9-12/h5-8,13,15,27H,11-12,14H2,1-4H3;6-10,13-14,26H,3H2,1-2,4-5H3,(H,23,24);5-6,11-14,25H,7-8H2,1-4H3;3-4,6-10H,5H2,1-2H3,(H2,18,21). The van der Waals surface area contributed by atoms with Crippen LogP contribution in [0.1, 0.15) is 245 Å². The highest BCUT2D eigenvalue weighted by atomic mass is 16.3. The summed E-state index contributed by atoms with van der Waals surface area (Å²) >= 11 is 0. The van der Waals surface area contributed by atoms with Crippen LogP contribution in [-0.2, 0) is 18.3 Å². The van der Waals surface area contributed by atoms with Gasteiger partial charge in [-0.05, 0) is 179 Å². The van der Waals surface area contributed by atoms with Crippen LogP contribution in [0.5, 0.6) is 0 Å². The molecule has 504 valence electrons. The summed E-state index contributed by atoms with van der Waals surface area (Å²) in [5.41, 5.74) is 25.7. The number of primary amides is 1. The summed E-state index contributed by atoms with van der Waals surface area (Å²) in [6.45, 7) is 30.7. The van der Waals surface area contributed by atoms with Crippen LogP contribution in [0.25, 0.3) is 56.3 Å². The molecule has 3 aromatic carbocycles. The number of fused-ring (bicyclic) bond motifs is 5. The third-order valence-corrected chi connectivity index (χ3v) is 17.5. The first kappa shape index (κ1) is 71.5. The molecule has 14 nitrogen and oxygen atoms in total. The van der Waals surface area contributed by atoms with E-state index >= 15 is 0 Å². The molecular formula is C85H88N8O6. The van der Waals surface area contributed by atoms with Crippen LogP contribution in [0.2, 0.25) is 0 Å². The van der Waals surface area contributed by atoms with E-state index in [1.54, 1.807) is 60.1 Å². The van der Waals surface area contributed by atoms with Crippen molar-refractivity contribution in [2.75, 3.05) is 0 Å². The highest BCUT2D eigenvalue weighted by molar-refractivity contribution is 6.04. The second-order valence-corrected chi connectivity index (χ2v) is 28.8. The Balaban J connectivity index is 0.000000143. The highest BCUT2D eigenvalue weighted by Gasteiger charge is 2.52. The molecule has 13 rings (SSSR count). The molecule has 1 saturated carbocycles. The number of nitrogens with one attached hydrogen (secondary N) is 1. The van der Waals surface area contributed by atoms with E-state index in [1.165, 1.54) is 5.56 Å². The number of aryl methyl sites for hydroxylation is 1. The summed E-state index contributed by atoms with van der Waals surface area (Å²) in [5, 5.41) is 32.5. The monoisotopic (exact) mass is 1320 g/mol. The number of hydrogen-bond donors (Lipinski definition) is 5. The molecule has 0 saturated heterocycles. The quantitative estimate of drug-likeness (QED) is 0.0851. The number of aliphatic imine (C=N–C) groups is 1. The predicted molar refractivity (Wildman–Crippen MR) is 396 cm³/mol. The normalized spacial score (nSPS) is 14.2. The van der Waals surface area contributed by atoms with Crippen molar-refractivity contribution in [1.29, 1.82) is 0 Å². The van der Waals surface area contributed by atoms with Crippen LogP contribution < -0.4 is 11.1 Å². The summed E-state index contributed by atoms with van der Waals surface area (Å²) in [6.07, 6.45) is 14.8. The summed E-state index contributed by atoms with van der Waals surface area (Å²) in [5.74, 6) is 18.3. The molecule has 1 fully saturated rings. The van der Waals surface area contributed by atoms with E-state index in [-0.39, 0.29) is 40.7 Å². The number of ketones is 2. The molecule has 4 aliphatic carbocycles. The molecule has 1 spiro atoms. The van der Waals surface area contributed by atoms with Crippen LogP contribution in [-0.4, -0.2) is 80.9 Å². The van der Waals surface area contributed by atoms with Crippen molar-refractivity contribution in [2.45, 2.75) is 181 Å². The first-order chi connectivity index (χ1) is 46.7.